The Kier molecular flexibility index (Phi) is 6.56. The van der Waals surface area contributed by atoms with Crippen molar-refractivity contribution in [2.75, 3.05) is 6.61 Å². The van der Waals surface area contributed by atoms with Crippen LogP contribution in [0.4, 0.5) is 0 Å². The van der Waals surface area contributed by atoms with Crippen LogP contribution in [0.25, 0.3) is 0 Å². The lowest BCUT2D eigenvalue weighted by Gasteiger charge is -2.21. The first-order valence-electron chi connectivity index (χ1n) is 6.88. The standard InChI is InChI=1S/C17H26O/c1-5-11-18-13-17-10-9-16(12-15(17)4)8-6-7-14(2)3/h5,7,12-13,15H,1,6,8-11H2,2-4H3/b17-13-. The van der Waals surface area contributed by atoms with Gasteiger partial charge in [-0.05, 0) is 51.0 Å². The quantitative estimate of drug-likeness (QED) is 0.356. The fourth-order valence-electron chi connectivity index (χ4n) is 2.22. The van der Waals surface area contributed by atoms with Crippen LogP contribution in [0.3, 0.4) is 0 Å². The van der Waals surface area contributed by atoms with E-state index in [9.17, 15) is 0 Å². The van der Waals surface area contributed by atoms with Crippen molar-refractivity contribution in [3.63, 3.8) is 0 Å². The molecule has 0 radical (unpaired) electrons. The third-order valence-electron chi connectivity index (χ3n) is 3.27. The van der Waals surface area contributed by atoms with Gasteiger partial charge in [-0.2, -0.15) is 0 Å². The third kappa shape index (κ3) is 5.39. The van der Waals surface area contributed by atoms with Gasteiger partial charge in [0, 0.05) is 0 Å². The molecule has 0 amide bonds. The zero-order valence-electron chi connectivity index (χ0n) is 12.0. The summed E-state index contributed by atoms with van der Waals surface area (Å²) in [5.41, 5.74) is 4.42. The van der Waals surface area contributed by atoms with Crippen LogP contribution < -0.4 is 0 Å². The van der Waals surface area contributed by atoms with Crippen molar-refractivity contribution in [2.24, 2.45) is 5.92 Å². The molecular formula is C17H26O. The summed E-state index contributed by atoms with van der Waals surface area (Å²) in [4.78, 5) is 0. The van der Waals surface area contributed by atoms with E-state index >= 15 is 0 Å². The first-order valence-corrected chi connectivity index (χ1v) is 6.88. The van der Waals surface area contributed by atoms with Crippen LogP contribution in [-0.4, -0.2) is 6.61 Å². The summed E-state index contributed by atoms with van der Waals surface area (Å²) in [6.45, 7) is 10.8. The van der Waals surface area contributed by atoms with Gasteiger partial charge in [0.05, 0.1) is 6.26 Å². The molecule has 0 spiro atoms. The predicted molar refractivity (Wildman–Crippen MR) is 79.4 cm³/mol. The van der Waals surface area contributed by atoms with Gasteiger partial charge in [0.2, 0.25) is 0 Å². The molecule has 0 heterocycles. The van der Waals surface area contributed by atoms with Gasteiger partial charge in [0.25, 0.3) is 0 Å². The lowest BCUT2D eigenvalue weighted by Crippen LogP contribution is -2.06. The number of ether oxygens (including phenoxy) is 1. The van der Waals surface area contributed by atoms with Crippen molar-refractivity contribution in [1.82, 2.24) is 0 Å². The Morgan fingerprint density at radius 3 is 2.83 bits per heavy atom. The Hall–Kier alpha value is -1.24. The molecular weight excluding hydrogens is 220 g/mol. The highest BCUT2D eigenvalue weighted by Crippen LogP contribution is 2.30. The van der Waals surface area contributed by atoms with Gasteiger partial charge < -0.3 is 4.74 Å². The SMILES string of the molecule is C=CCO/C=C1/CCC(CCC=C(C)C)=CC1C. The molecule has 0 aromatic carbocycles. The molecule has 1 aliphatic carbocycles. The summed E-state index contributed by atoms with van der Waals surface area (Å²) >= 11 is 0. The predicted octanol–water partition coefficient (Wildman–Crippen LogP) is 5.18. The van der Waals surface area contributed by atoms with E-state index in [0.29, 0.717) is 12.5 Å². The zero-order valence-corrected chi connectivity index (χ0v) is 12.0. The Bertz CT molecular complexity index is 354. The molecule has 0 aromatic rings. The second-order valence-corrected chi connectivity index (χ2v) is 5.25. The highest BCUT2D eigenvalue weighted by Gasteiger charge is 2.14. The molecule has 1 aliphatic rings. The van der Waals surface area contributed by atoms with Crippen molar-refractivity contribution in [1.29, 1.82) is 0 Å². The largest absolute Gasteiger partial charge is 0.497 e. The minimum absolute atomic E-state index is 0.519. The maximum Gasteiger partial charge on any atom is 0.105 e. The highest BCUT2D eigenvalue weighted by molar-refractivity contribution is 5.22. The molecule has 1 atom stereocenters. The van der Waals surface area contributed by atoms with Gasteiger partial charge in [-0.25, -0.2) is 0 Å². The van der Waals surface area contributed by atoms with E-state index in [4.69, 9.17) is 4.74 Å². The van der Waals surface area contributed by atoms with Crippen LogP contribution in [0, 0.1) is 5.92 Å². The first kappa shape index (κ1) is 14.8. The molecule has 1 heteroatoms. The van der Waals surface area contributed by atoms with E-state index in [1.807, 2.05) is 6.26 Å². The van der Waals surface area contributed by atoms with E-state index < -0.39 is 0 Å². The fraction of sp³-hybridized carbons (Fsp3) is 0.529. The number of allylic oxidation sites excluding steroid dienone is 5. The topological polar surface area (TPSA) is 9.23 Å². The van der Waals surface area contributed by atoms with E-state index in [1.54, 1.807) is 11.6 Å². The van der Waals surface area contributed by atoms with Crippen molar-refractivity contribution in [3.05, 3.63) is 47.8 Å². The lowest BCUT2D eigenvalue weighted by atomic mass is 9.86. The van der Waals surface area contributed by atoms with Crippen molar-refractivity contribution in [3.8, 4) is 0 Å². The van der Waals surface area contributed by atoms with E-state index in [0.717, 1.165) is 6.42 Å². The first-order chi connectivity index (χ1) is 8.63. The molecule has 1 unspecified atom stereocenters. The molecule has 0 saturated carbocycles. The molecule has 1 rings (SSSR count). The zero-order chi connectivity index (χ0) is 13.4. The molecule has 0 N–H and O–H groups in total. The van der Waals surface area contributed by atoms with Crippen LogP contribution in [0.2, 0.25) is 0 Å². The van der Waals surface area contributed by atoms with Gasteiger partial charge in [-0.15, -0.1) is 0 Å². The summed E-state index contributed by atoms with van der Waals surface area (Å²) in [6.07, 6.45) is 13.1. The van der Waals surface area contributed by atoms with Crippen LogP contribution >= 0.6 is 0 Å². The Labute approximate surface area is 112 Å². The highest BCUT2D eigenvalue weighted by atomic mass is 16.5. The maximum atomic E-state index is 5.42. The lowest BCUT2D eigenvalue weighted by molar-refractivity contribution is 0.282. The Balaban J connectivity index is 2.47. The molecule has 0 aromatic heterocycles. The summed E-state index contributed by atoms with van der Waals surface area (Å²) in [5, 5.41) is 0. The van der Waals surface area contributed by atoms with Crippen molar-refractivity contribution in [2.45, 2.75) is 46.5 Å². The van der Waals surface area contributed by atoms with Gasteiger partial charge in [0.1, 0.15) is 6.61 Å². The van der Waals surface area contributed by atoms with E-state index in [-0.39, 0.29) is 0 Å². The second-order valence-electron chi connectivity index (χ2n) is 5.25. The normalized spacial score (nSPS) is 21.4. The Morgan fingerprint density at radius 1 is 1.44 bits per heavy atom. The molecule has 18 heavy (non-hydrogen) atoms. The molecule has 100 valence electrons. The van der Waals surface area contributed by atoms with Gasteiger partial charge >= 0.3 is 0 Å². The third-order valence-corrected chi connectivity index (χ3v) is 3.27. The number of hydrogen-bond acceptors (Lipinski definition) is 1. The van der Waals surface area contributed by atoms with Gasteiger partial charge in [-0.3, -0.25) is 0 Å². The number of rotatable bonds is 6. The van der Waals surface area contributed by atoms with Crippen LogP contribution in [0.1, 0.15) is 46.5 Å². The average Bonchev–Trinajstić information content (AvgIpc) is 2.31. The fourth-order valence-corrected chi connectivity index (χ4v) is 2.22. The smallest absolute Gasteiger partial charge is 0.105 e. The molecule has 1 nitrogen and oxygen atoms in total. The molecule has 0 bridgehead atoms. The maximum absolute atomic E-state index is 5.42. The van der Waals surface area contributed by atoms with Crippen molar-refractivity contribution >= 4 is 0 Å². The van der Waals surface area contributed by atoms with Crippen molar-refractivity contribution < 1.29 is 4.74 Å². The van der Waals surface area contributed by atoms with Gasteiger partial charge in [-0.1, -0.05) is 42.9 Å². The molecule has 0 saturated heterocycles. The van der Waals surface area contributed by atoms with E-state index in [1.165, 1.54) is 30.4 Å². The summed E-state index contributed by atoms with van der Waals surface area (Å²) < 4.78 is 5.42. The minimum atomic E-state index is 0.519. The van der Waals surface area contributed by atoms with Crippen LogP contribution in [0.5, 0.6) is 0 Å². The van der Waals surface area contributed by atoms with Crippen LogP contribution in [0.15, 0.2) is 47.8 Å². The second kappa shape index (κ2) is 7.97. The molecule has 0 fully saturated rings. The van der Waals surface area contributed by atoms with Gasteiger partial charge in [0.15, 0.2) is 0 Å². The summed E-state index contributed by atoms with van der Waals surface area (Å²) in [5.74, 6) is 0.519. The monoisotopic (exact) mass is 246 g/mol. The number of hydrogen-bond donors (Lipinski definition) is 0. The Morgan fingerprint density at radius 2 is 2.22 bits per heavy atom. The van der Waals surface area contributed by atoms with E-state index in [2.05, 4.69) is 39.5 Å². The minimum Gasteiger partial charge on any atom is -0.497 e. The summed E-state index contributed by atoms with van der Waals surface area (Å²) in [7, 11) is 0. The van der Waals surface area contributed by atoms with Crippen LogP contribution in [-0.2, 0) is 4.74 Å². The average molecular weight is 246 g/mol. The molecule has 0 aliphatic heterocycles. The summed E-state index contributed by atoms with van der Waals surface area (Å²) in [6, 6.07) is 0.